The fraction of sp³-hybridized carbons (Fsp3) is 0.706. The summed E-state index contributed by atoms with van der Waals surface area (Å²) in [6.45, 7) is 5.51. The molecule has 0 rings (SSSR count). The van der Waals surface area contributed by atoms with E-state index in [4.69, 9.17) is 14.6 Å². The molecular weight excluding hydrogens is 300 g/mol. The number of rotatable bonds is 14. The lowest BCUT2D eigenvalue weighted by molar-refractivity contribution is -0.145. The molecule has 0 aromatic rings. The van der Waals surface area contributed by atoms with Crippen LogP contribution in [0.5, 0.6) is 0 Å². The molecule has 0 fully saturated rings. The summed E-state index contributed by atoms with van der Waals surface area (Å²) in [5, 5.41) is 8.49. The molecule has 0 atom stereocenters. The molecule has 0 aromatic heterocycles. The Kier molecular flexibility index (Phi) is 12.7. The molecule has 0 aliphatic rings. The molecule has 0 saturated carbocycles. The van der Waals surface area contributed by atoms with E-state index in [2.05, 4.69) is 6.58 Å². The largest absolute Gasteiger partial charge is 0.481 e. The van der Waals surface area contributed by atoms with Crippen molar-refractivity contribution in [1.82, 2.24) is 0 Å². The molecule has 0 aromatic carbocycles. The van der Waals surface area contributed by atoms with Gasteiger partial charge in [-0.25, -0.2) is 4.79 Å². The van der Waals surface area contributed by atoms with Gasteiger partial charge in [-0.15, -0.1) is 0 Å². The van der Waals surface area contributed by atoms with Crippen molar-refractivity contribution in [3.05, 3.63) is 12.2 Å². The minimum Gasteiger partial charge on any atom is -0.481 e. The Morgan fingerprint density at radius 2 is 1.35 bits per heavy atom. The fourth-order valence-electron chi connectivity index (χ4n) is 1.86. The first-order valence-electron chi connectivity index (χ1n) is 8.13. The summed E-state index contributed by atoms with van der Waals surface area (Å²) in [5.41, 5.74) is 0.352. The number of carbonyl (C=O) groups is 3. The smallest absolute Gasteiger partial charge is 0.333 e. The summed E-state index contributed by atoms with van der Waals surface area (Å²) in [7, 11) is 0. The number of aliphatic carboxylic acids is 1. The van der Waals surface area contributed by atoms with E-state index in [-0.39, 0.29) is 25.6 Å². The number of esters is 2. The first kappa shape index (κ1) is 21.1. The van der Waals surface area contributed by atoms with E-state index in [0.717, 1.165) is 32.1 Å². The van der Waals surface area contributed by atoms with Crippen LogP contribution in [0.4, 0.5) is 0 Å². The van der Waals surface area contributed by atoms with Crippen molar-refractivity contribution in [2.24, 2.45) is 0 Å². The van der Waals surface area contributed by atoms with Gasteiger partial charge in [-0.2, -0.15) is 0 Å². The van der Waals surface area contributed by atoms with Gasteiger partial charge >= 0.3 is 17.9 Å². The maximum Gasteiger partial charge on any atom is 0.333 e. The van der Waals surface area contributed by atoms with Gasteiger partial charge in [0.1, 0.15) is 0 Å². The number of unbranched alkanes of at least 4 members (excludes halogenated alkanes) is 5. The highest BCUT2D eigenvalue weighted by Crippen LogP contribution is 2.09. The Bertz CT molecular complexity index is 389. The molecule has 6 heteroatoms. The van der Waals surface area contributed by atoms with Crippen LogP contribution in [0.15, 0.2) is 12.2 Å². The van der Waals surface area contributed by atoms with Gasteiger partial charge in [0.25, 0.3) is 0 Å². The topological polar surface area (TPSA) is 89.9 Å². The highest BCUT2D eigenvalue weighted by atomic mass is 16.5. The summed E-state index contributed by atoms with van der Waals surface area (Å²) in [6, 6.07) is 0. The van der Waals surface area contributed by atoms with Crippen LogP contribution in [0.1, 0.15) is 64.7 Å². The number of carboxylic acids is 1. The highest BCUT2D eigenvalue weighted by molar-refractivity contribution is 5.86. The Morgan fingerprint density at radius 3 is 1.91 bits per heavy atom. The molecule has 0 heterocycles. The number of carboxylic acid groups (broad SMARTS) is 1. The standard InChI is InChI=1S/C17H28O6/c1-14(2)17(21)23-13-9-12-22-16(20)11-8-6-4-3-5-7-10-15(18)19/h1,3-13H2,2H3,(H,18,19). The van der Waals surface area contributed by atoms with E-state index in [0.29, 0.717) is 24.8 Å². The van der Waals surface area contributed by atoms with Gasteiger partial charge in [0.05, 0.1) is 13.2 Å². The number of carbonyl (C=O) groups excluding carboxylic acids is 2. The summed E-state index contributed by atoms with van der Waals surface area (Å²) in [6.07, 6.45) is 6.46. The lowest BCUT2D eigenvalue weighted by Gasteiger charge is -2.06. The van der Waals surface area contributed by atoms with Crippen LogP contribution in [0.3, 0.4) is 0 Å². The van der Waals surface area contributed by atoms with Crippen molar-refractivity contribution in [3.63, 3.8) is 0 Å². The lowest BCUT2D eigenvalue weighted by Crippen LogP contribution is -2.10. The van der Waals surface area contributed by atoms with E-state index in [1.807, 2.05) is 0 Å². The van der Waals surface area contributed by atoms with Gasteiger partial charge in [0.15, 0.2) is 0 Å². The number of hydrogen-bond acceptors (Lipinski definition) is 5. The van der Waals surface area contributed by atoms with E-state index >= 15 is 0 Å². The average molecular weight is 328 g/mol. The molecule has 6 nitrogen and oxygen atoms in total. The van der Waals surface area contributed by atoms with Crippen LogP contribution >= 0.6 is 0 Å². The Hall–Kier alpha value is -1.85. The Morgan fingerprint density at radius 1 is 0.826 bits per heavy atom. The quantitative estimate of drug-likeness (QED) is 0.299. The average Bonchev–Trinajstić information content (AvgIpc) is 2.48. The molecule has 0 spiro atoms. The molecule has 0 amide bonds. The van der Waals surface area contributed by atoms with Gasteiger partial charge in [-0.1, -0.05) is 32.3 Å². The molecule has 0 radical (unpaired) electrons. The zero-order chi connectivity index (χ0) is 17.5. The predicted octanol–water partition coefficient (Wildman–Crippen LogP) is 3.24. The summed E-state index contributed by atoms with van der Waals surface area (Å²) in [5.74, 6) is -1.41. The van der Waals surface area contributed by atoms with Crippen LogP contribution in [-0.4, -0.2) is 36.2 Å². The van der Waals surface area contributed by atoms with E-state index in [1.54, 1.807) is 6.92 Å². The second-order valence-electron chi connectivity index (χ2n) is 5.51. The Labute approximate surface area is 137 Å². The first-order chi connectivity index (χ1) is 10.9. The van der Waals surface area contributed by atoms with Crippen molar-refractivity contribution in [2.45, 2.75) is 64.7 Å². The predicted molar refractivity (Wildman–Crippen MR) is 85.9 cm³/mol. The summed E-state index contributed by atoms with van der Waals surface area (Å²) < 4.78 is 9.92. The van der Waals surface area contributed by atoms with Gasteiger partial charge in [0, 0.05) is 24.8 Å². The maximum absolute atomic E-state index is 11.4. The van der Waals surface area contributed by atoms with Crippen molar-refractivity contribution < 1.29 is 29.0 Å². The molecule has 0 aliphatic heterocycles. The molecule has 0 aliphatic carbocycles. The first-order valence-corrected chi connectivity index (χ1v) is 8.13. The summed E-state index contributed by atoms with van der Waals surface area (Å²) in [4.78, 5) is 32.9. The highest BCUT2D eigenvalue weighted by Gasteiger charge is 2.05. The third-order valence-corrected chi connectivity index (χ3v) is 3.15. The zero-order valence-electron chi connectivity index (χ0n) is 14.0. The second-order valence-corrected chi connectivity index (χ2v) is 5.51. The number of ether oxygens (including phenoxy) is 2. The fourth-order valence-corrected chi connectivity index (χ4v) is 1.86. The van der Waals surface area contributed by atoms with Gasteiger partial charge in [-0.05, 0) is 19.8 Å². The van der Waals surface area contributed by atoms with Crippen LogP contribution in [0, 0.1) is 0 Å². The van der Waals surface area contributed by atoms with E-state index in [9.17, 15) is 14.4 Å². The second kappa shape index (κ2) is 13.8. The van der Waals surface area contributed by atoms with Crippen LogP contribution < -0.4 is 0 Å². The SMILES string of the molecule is C=C(C)C(=O)OCCCOC(=O)CCCCCCCCC(=O)O. The zero-order valence-corrected chi connectivity index (χ0v) is 14.0. The van der Waals surface area contributed by atoms with Gasteiger partial charge < -0.3 is 14.6 Å². The van der Waals surface area contributed by atoms with Crippen molar-refractivity contribution in [1.29, 1.82) is 0 Å². The van der Waals surface area contributed by atoms with Crippen LogP contribution in [-0.2, 0) is 23.9 Å². The van der Waals surface area contributed by atoms with Crippen LogP contribution in [0.25, 0.3) is 0 Å². The Balaban J connectivity index is 3.33. The molecular formula is C17H28O6. The minimum absolute atomic E-state index is 0.218. The molecule has 132 valence electrons. The van der Waals surface area contributed by atoms with Crippen molar-refractivity contribution in [3.8, 4) is 0 Å². The van der Waals surface area contributed by atoms with Gasteiger partial charge in [-0.3, -0.25) is 9.59 Å². The van der Waals surface area contributed by atoms with Crippen molar-refractivity contribution in [2.75, 3.05) is 13.2 Å². The van der Waals surface area contributed by atoms with Crippen molar-refractivity contribution >= 4 is 17.9 Å². The third kappa shape index (κ3) is 14.8. The molecule has 23 heavy (non-hydrogen) atoms. The van der Waals surface area contributed by atoms with E-state index in [1.165, 1.54) is 0 Å². The van der Waals surface area contributed by atoms with Gasteiger partial charge in [0.2, 0.25) is 0 Å². The summed E-state index contributed by atoms with van der Waals surface area (Å²) >= 11 is 0. The monoisotopic (exact) mass is 328 g/mol. The normalized spacial score (nSPS) is 10.1. The molecule has 0 saturated heterocycles. The molecule has 0 unspecified atom stereocenters. The molecule has 1 N–H and O–H groups in total. The number of hydrogen-bond donors (Lipinski definition) is 1. The van der Waals surface area contributed by atoms with Crippen LogP contribution in [0.2, 0.25) is 0 Å². The van der Waals surface area contributed by atoms with E-state index < -0.39 is 11.9 Å². The molecule has 0 bridgehead atoms. The minimum atomic E-state index is -0.748. The third-order valence-electron chi connectivity index (χ3n) is 3.15. The maximum atomic E-state index is 11.4. The lowest BCUT2D eigenvalue weighted by atomic mass is 10.1.